The van der Waals surface area contributed by atoms with Crippen molar-refractivity contribution in [3.8, 4) is 5.75 Å². The highest BCUT2D eigenvalue weighted by atomic mass is 32.2. The fourth-order valence-corrected chi connectivity index (χ4v) is 3.78. The van der Waals surface area contributed by atoms with Crippen molar-refractivity contribution >= 4 is 23.6 Å². The van der Waals surface area contributed by atoms with Crippen LogP contribution in [0.15, 0.2) is 53.8 Å². The van der Waals surface area contributed by atoms with E-state index in [4.69, 9.17) is 10.5 Å². The fraction of sp³-hybridized carbons (Fsp3) is 0.250. The van der Waals surface area contributed by atoms with Crippen LogP contribution in [0.1, 0.15) is 0 Å². The number of fused-ring (bicyclic) bond motifs is 1. The van der Waals surface area contributed by atoms with E-state index in [1.54, 1.807) is 12.2 Å². The van der Waals surface area contributed by atoms with Crippen molar-refractivity contribution in [2.45, 2.75) is 11.4 Å². The number of rotatable bonds is 5. The van der Waals surface area contributed by atoms with Crippen LogP contribution < -0.4 is 10.5 Å². The van der Waals surface area contributed by atoms with Gasteiger partial charge in [-0.2, -0.15) is 0 Å². The molecule has 0 unspecified atom stereocenters. The van der Waals surface area contributed by atoms with E-state index < -0.39 is 12.0 Å². The van der Waals surface area contributed by atoms with Crippen molar-refractivity contribution in [2.24, 2.45) is 5.73 Å². The van der Waals surface area contributed by atoms with E-state index in [9.17, 15) is 14.7 Å². The number of para-hydroxylation sites is 1. The summed E-state index contributed by atoms with van der Waals surface area (Å²) in [4.78, 5) is 24.6. The van der Waals surface area contributed by atoms with Gasteiger partial charge in [0.05, 0.1) is 0 Å². The Labute approximate surface area is 137 Å². The number of carboxylic acid groups (broad SMARTS) is 1. The molecule has 7 heteroatoms. The molecule has 1 aromatic rings. The summed E-state index contributed by atoms with van der Waals surface area (Å²) < 4.78 is 5.53. The average Bonchev–Trinajstić information content (AvgIpc) is 2.58. The Morgan fingerprint density at radius 3 is 2.87 bits per heavy atom. The molecule has 1 saturated heterocycles. The van der Waals surface area contributed by atoms with Crippen molar-refractivity contribution in [3.05, 3.63) is 53.8 Å². The van der Waals surface area contributed by atoms with E-state index in [2.05, 4.69) is 0 Å². The monoisotopic (exact) mass is 332 g/mol. The molecule has 3 N–H and O–H groups in total. The van der Waals surface area contributed by atoms with E-state index >= 15 is 0 Å². The number of hydrogen-bond donors (Lipinski definition) is 2. The van der Waals surface area contributed by atoms with Crippen LogP contribution in [0.3, 0.4) is 0 Å². The standard InChI is InChI=1S/C16H16N2O4S/c17-12-14(19)18-13(16(20)21)10(9-23-15(12)18)5-4-8-22-11-6-2-1-3-7-11/h1-7,12,15H,8-9,17H2,(H,20,21)/b5-4-/t12-,15-/m1/s1. The second-order valence-corrected chi connectivity index (χ2v) is 6.25. The van der Waals surface area contributed by atoms with E-state index in [1.807, 2.05) is 30.3 Å². The fourth-order valence-electron chi connectivity index (χ4n) is 2.52. The topological polar surface area (TPSA) is 92.9 Å². The molecule has 120 valence electrons. The van der Waals surface area contributed by atoms with E-state index in [0.29, 0.717) is 17.9 Å². The molecule has 3 rings (SSSR count). The number of amides is 1. The smallest absolute Gasteiger partial charge is 0.352 e. The minimum absolute atomic E-state index is 0.0245. The predicted molar refractivity (Wildman–Crippen MR) is 86.8 cm³/mol. The zero-order chi connectivity index (χ0) is 16.4. The Morgan fingerprint density at radius 2 is 2.17 bits per heavy atom. The van der Waals surface area contributed by atoms with Gasteiger partial charge in [0.15, 0.2) is 0 Å². The number of thioether (sulfide) groups is 1. The molecule has 0 aromatic heterocycles. The highest BCUT2D eigenvalue weighted by Gasteiger charge is 2.51. The molecule has 2 aliphatic heterocycles. The third-order valence-electron chi connectivity index (χ3n) is 3.65. The number of ether oxygens (including phenoxy) is 1. The summed E-state index contributed by atoms with van der Waals surface area (Å²) in [6.07, 6.45) is 3.45. The summed E-state index contributed by atoms with van der Waals surface area (Å²) in [6, 6.07) is 8.73. The molecule has 1 amide bonds. The zero-order valence-electron chi connectivity index (χ0n) is 12.2. The first-order valence-electron chi connectivity index (χ1n) is 7.10. The molecule has 0 saturated carbocycles. The van der Waals surface area contributed by atoms with Crippen LogP contribution in [0.5, 0.6) is 5.75 Å². The highest BCUT2D eigenvalue weighted by molar-refractivity contribution is 8.00. The van der Waals surface area contributed by atoms with Gasteiger partial charge in [-0.3, -0.25) is 9.69 Å². The molecule has 0 radical (unpaired) electrons. The molecule has 2 atom stereocenters. The summed E-state index contributed by atoms with van der Waals surface area (Å²) in [5.41, 5.74) is 6.32. The second-order valence-electron chi connectivity index (χ2n) is 5.14. The van der Waals surface area contributed by atoms with E-state index in [0.717, 1.165) is 5.75 Å². The normalized spacial score (nSPS) is 23.7. The maximum Gasteiger partial charge on any atom is 0.352 e. The van der Waals surface area contributed by atoms with E-state index in [-0.39, 0.29) is 17.0 Å². The number of aliphatic carboxylic acids is 1. The summed E-state index contributed by atoms with van der Waals surface area (Å²) in [5.74, 6) is -0.206. The Kier molecular flexibility index (Phi) is 4.40. The minimum Gasteiger partial charge on any atom is -0.490 e. The quantitative estimate of drug-likeness (QED) is 0.787. The molecule has 0 spiro atoms. The van der Waals surface area contributed by atoms with Crippen molar-refractivity contribution in [1.82, 2.24) is 4.90 Å². The first kappa shape index (κ1) is 15.6. The number of β-lactam (4-membered cyclic amide) rings is 1. The lowest BCUT2D eigenvalue weighted by molar-refractivity contribution is -0.147. The Balaban J connectivity index is 1.71. The molecular weight excluding hydrogens is 316 g/mol. The summed E-state index contributed by atoms with van der Waals surface area (Å²) in [5, 5.41) is 9.13. The van der Waals surface area contributed by atoms with E-state index in [1.165, 1.54) is 16.7 Å². The van der Waals surface area contributed by atoms with Crippen LogP contribution in [-0.2, 0) is 9.59 Å². The Hall–Kier alpha value is -2.25. The van der Waals surface area contributed by atoms with Crippen molar-refractivity contribution in [2.75, 3.05) is 12.4 Å². The van der Waals surface area contributed by atoms with Crippen molar-refractivity contribution in [1.29, 1.82) is 0 Å². The van der Waals surface area contributed by atoms with Gasteiger partial charge in [-0.05, 0) is 23.8 Å². The molecule has 2 heterocycles. The largest absolute Gasteiger partial charge is 0.490 e. The molecule has 0 aliphatic carbocycles. The van der Waals surface area contributed by atoms with Gasteiger partial charge in [0.1, 0.15) is 29.5 Å². The third kappa shape index (κ3) is 2.97. The lowest BCUT2D eigenvalue weighted by Gasteiger charge is -2.47. The maximum atomic E-state index is 11.8. The van der Waals surface area contributed by atoms with Gasteiger partial charge in [0.2, 0.25) is 5.91 Å². The van der Waals surface area contributed by atoms with Gasteiger partial charge in [0, 0.05) is 5.75 Å². The number of nitrogens with zero attached hydrogens (tertiary/aromatic N) is 1. The number of carbonyl (C=O) groups is 2. The van der Waals surface area contributed by atoms with Gasteiger partial charge in [0.25, 0.3) is 0 Å². The Morgan fingerprint density at radius 1 is 1.43 bits per heavy atom. The van der Waals surface area contributed by atoms with Crippen molar-refractivity contribution in [3.63, 3.8) is 0 Å². The Bertz CT molecular complexity index is 687. The summed E-state index contributed by atoms with van der Waals surface area (Å²) >= 11 is 1.48. The van der Waals surface area contributed by atoms with Gasteiger partial charge in [-0.15, -0.1) is 11.8 Å². The van der Waals surface area contributed by atoms with Crippen LogP contribution >= 0.6 is 11.8 Å². The number of carbonyl (C=O) groups excluding carboxylic acids is 1. The molecule has 6 nitrogen and oxygen atoms in total. The number of allylic oxidation sites excluding steroid dienone is 1. The van der Waals surface area contributed by atoms with Crippen LogP contribution in [-0.4, -0.2) is 45.7 Å². The summed E-state index contributed by atoms with van der Waals surface area (Å²) in [6.45, 7) is 0.321. The maximum absolute atomic E-state index is 11.8. The lowest BCUT2D eigenvalue weighted by atomic mass is 10.0. The van der Waals surface area contributed by atoms with Gasteiger partial charge in [-0.1, -0.05) is 24.3 Å². The SMILES string of the molecule is N[C@@H]1C(=O)N2C(C(=O)O)=C(/C=C\COc3ccccc3)CS[C@H]12. The van der Waals surface area contributed by atoms with Gasteiger partial charge < -0.3 is 15.6 Å². The highest BCUT2D eigenvalue weighted by Crippen LogP contribution is 2.39. The average molecular weight is 332 g/mol. The number of carboxylic acids is 1. The molecule has 1 fully saturated rings. The number of nitrogens with two attached hydrogens (primary N) is 1. The van der Waals surface area contributed by atoms with Gasteiger partial charge in [-0.25, -0.2) is 4.79 Å². The second kappa shape index (κ2) is 6.47. The molecule has 2 aliphatic rings. The third-order valence-corrected chi connectivity index (χ3v) is 4.97. The minimum atomic E-state index is -1.11. The number of hydrogen-bond acceptors (Lipinski definition) is 5. The first-order valence-corrected chi connectivity index (χ1v) is 8.15. The lowest BCUT2D eigenvalue weighted by Crippen LogP contribution is -2.68. The molecule has 1 aromatic carbocycles. The molecule has 23 heavy (non-hydrogen) atoms. The van der Waals surface area contributed by atoms with Crippen LogP contribution in [0.4, 0.5) is 0 Å². The summed E-state index contributed by atoms with van der Waals surface area (Å²) in [7, 11) is 0. The molecule has 0 bridgehead atoms. The first-order chi connectivity index (χ1) is 11.1. The van der Waals surface area contributed by atoms with Gasteiger partial charge >= 0.3 is 5.97 Å². The molecular formula is C16H16N2O4S. The van der Waals surface area contributed by atoms with Crippen LogP contribution in [0.25, 0.3) is 0 Å². The zero-order valence-corrected chi connectivity index (χ0v) is 13.0. The predicted octanol–water partition coefficient (Wildman–Crippen LogP) is 1.20. The van der Waals surface area contributed by atoms with Crippen molar-refractivity contribution < 1.29 is 19.4 Å². The number of benzene rings is 1. The van der Waals surface area contributed by atoms with Crippen LogP contribution in [0.2, 0.25) is 0 Å². The van der Waals surface area contributed by atoms with Crippen LogP contribution in [0, 0.1) is 0 Å².